The highest BCUT2D eigenvalue weighted by Gasteiger charge is 2.26. The van der Waals surface area contributed by atoms with Crippen LogP contribution in [0, 0.1) is 11.7 Å². The number of nitrogens with one attached hydrogen (secondary N) is 2. The highest BCUT2D eigenvalue weighted by Crippen LogP contribution is 2.29. The summed E-state index contributed by atoms with van der Waals surface area (Å²) in [5.74, 6) is 0.196. The number of carbonyl (C=O) groups is 1. The van der Waals surface area contributed by atoms with Crippen LogP contribution in [0.3, 0.4) is 0 Å². The van der Waals surface area contributed by atoms with Gasteiger partial charge < -0.3 is 10.6 Å². The third kappa shape index (κ3) is 4.80. The van der Waals surface area contributed by atoms with Crippen LogP contribution in [0.25, 0.3) is 16.9 Å². The van der Waals surface area contributed by atoms with E-state index in [1.54, 1.807) is 19.3 Å². The lowest BCUT2D eigenvalue weighted by Gasteiger charge is -2.28. The molecule has 0 aliphatic heterocycles. The van der Waals surface area contributed by atoms with E-state index in [4.69, 9.17) is 11.6 Å². The molecule has 32 heavy (non-hydrogen) atoms. The van der Waals surface area contributed by atoms with E-state index in [2.05, 4.69) is 20.6 Å². The van der Waals surface area contributed by atoms with Gasteiger partial charge in [0.15, 0.2) is 0 Å². The highest BCUT2D eigenvalue weighted by atomic mass is 35.5. The number of aromatic nitrogens is 3. The Morgan fingerprint density at radius 2 is 1.84 bits per heavy atom. The topological polar surface area (TPSA) is 88.9 Å². The van der Waals surface area contributed by atoms with Gasteiger partial charge in [-0.15, -0.1) is 0 Å². The summed E-state index contributed by atoms with van der Waals surface area (Å²) < 4.78 is 14.7. The normalized spacial score (nSPS) is 18.2. The molecule has 0 atom stereocenters. The zero-order chi connectivity index (χ0) is 22.7. The molecule has 2 aromatic heterocycles. The minimum absolute atomic E-state index is 0.0484. The zero-order valence-corrected chi connectivity index (χ0v) is 18.3. The van der Waals surface area contributed by atoms with Gasteiger partial charge in [-0.2, -0.15) is 0 Å². The molecule has 1 aliphatic carbocycles. The van der Waals surface area contributed by atoms with E-state index in [0.717, 1.165) is 25.7 Å². The third-order valence-electron chi connectivity index (χ3n) is 5.71. The molecule has 1 aromatic carbocycles. The van der Waals surface area contributed by atoms with Crippen molar-refractivity contribution in [2.75, 3.05) is 12.4 Å². The maximum atomic E-state index is 13.3. The van der Waals surface area contributed by atoms with Crippen molar-refractivity contribution in [3.05, 3.63) is 70.0 Å². The van der Waals surface area contributed by atoms with Crippen LogP contribution >= 0.6 is 11.6 Å². The van der Waals surface area contributed by atoms with Crippen LogP contribution in [-0.2, 0) is 4.79 Å². The minimum atomic E-state index is -0.378. The third-order valence-corrected chi connectivity index (χ3v) is 5.99. The Morgan fingerprint density at radius 3 is 2.53 bits per heavy atom. The molecule has 166 valence electrons. The Labute approximate surface area is 189 Å². The Bertz CT molecular complexity index is 1170. The van der Waals surface area contributed by atoms with E-state index in [1.165, 1.54) is 41.1 Å². The molecule has 0 spiro atoms. The Morgan fingerprint density at radius 1 is 1.12 bits per heavy atom. The molecule has 9 heteroatoms. The van der Waals surface area contributed by atoms with Crippen LogP contribution < -0.4 is 16.2 Å². The number of pyridine rings is 1. The van der Waals surface area contributed by atoms with Gasteiger partial charge in [-0.25, -0.2) is 14.4 Å². The second kappa shape index (κ2) is 9.48. The van der Waals surface area contributed by atoms with Gasteiger partial charge in [-0.1, -0.05) is 11.6 Å². The standard InChI is InChI=1S/C23H23ClFN5O2/c1-26-22(32)14-2-7-17(8-3-14)28-23-27-12-19(24)21(29-23)15-4-11-20(31)30(13-15)18-9-5-16(25)6-10-18/h4-6,9-14,17H,2-3,7-8H2,1H3,(H,26,32)(H,27,28,29). The van der Waals surface area contributed by atoms with Crippen LogP contribution in [0.2, 0.25) is 5.02 Å². The SMILES string of the molecule is CNC(=O)C1CCC(Nc2ncc(Cl)c(-c3ccc(=O)n(-c4ccc(F)cc4)c3)n2)CC1. The van der Waals surface area contributed by atoms with Crippen molar-refractivity contribution in [2.24, 2.45) is 5.92 Å². The summed E-state index contributed by atoms with van der Waals surface area (Å²) in [5.41, 5.74) is 1.40. The monoisotopic (exact) mass is 455 g/mol. The summed E-state index contributed by atoms with van der Waals surface area (Å²) in [4.78, 5) is 33.1. The van der Waals surface area contributed by atoms with Crippen molar-refractivity contribution in [1.82, 2.24) is 19.9 Å². The van der Waals surface area contributed by atoms with Crippen LogP contribution in [0.15, 0.2) is 53.6 Å². The lowest BCUT2D eigenvalue weighted by atomic mass is 9.85. The fraction of sp³-hybridized carbons (Fsp3) is 0.304. The van der Waals surface area contributed by atoms with Gasteiger partial charge in [0.25, 0.3) is 5.56 Å². The van der Waals surface area contributed by atoms with Gasteiger partial charge in [-0.3, -0.25) is 14.2 Å². The highest BCUT2D eigenvalue weighted by molar-refractivity contribution is 6.32. The van der Waals surface area contributed by atoms with Crippen LogP contribution in [0.1, 0.15) is 25.7 Å². The van der Waals surface area contributed by atoms with Gasteiger partial charge in [0, 0.05) is 42.5 Å². The van der Waals surface area contributed by atoms with Crippen molar-refractivity contribution in [1.29, 1.82) is 0 Å². The van der Waals surface area contributed by atoms with Crippen LogP contribution in [0.5, 0.6) is 0 Å². The molecule has 3 aromatic rings. The largest absolute Gasteiger partial charge is 0.359 e. The molecule has 0 unspecified atom stereocenters. The molecule has 2 N–H and O–H groups in total. The number of anilines is 1. The number of amides is 1. The molecular formula is C23H23ClFN5O2. The summed E-state index contributed by atoms with van der Waals surface area (Å²) in [6.07, 6.45) is 6.45. The first-order valence-corrected chi connectivity index (χ1v) is 10.8. The smallest absolute Gasteiger partial charge is 0.255 e. The van der Waals surface area contributed by atoms with Crippen molar-refractivity contribution < 1.29 is 9.18 Å². The van der Waals surface area contributed by atoms with Gasteiger partial charge in [-0.05, 0) is 56.0 Å². The Kier molecular flexibility index (Phi) is 6.50. The van der Waals surface area contributed by atoms with Crippen molar-refractivity contribution in [3.63, 3.8) is 0 Å². The lowest BCUT2D eigenvalue weighted by molar-refractivity contribution is -0.125. The Balaban J connectivity index is 1.56. The average molecular weight is 456 g/mol. The molecule has 0 radical (unpaired) electrons. The fourth-order valence-electron chi connectivity index (χ4n) is 3.96. The average Bonchev–Trinajstić information content (AvgIpc) is 2.81. The van der Waals surface area contributed by atoms with E-state index < -0.39 is 0 Å². The van der Waals surface area contributed by atoms with E-state index in [0.29, 0.717) is 27.9 Å². The number of hydrogen-bond donors (Lipinski definition) is 2. The second-order valence-corrected chi connectivity index (χ2v) is 8.21. The molecular weight excluding hydrogens is 433 g/mol. The van der Waals surface area contributed by atoms with Crippen LogP contribution in [0.4, 0.5) is 10.3 Å². The van der Waals surface area contributed by atoms with E-state index in [-0.39, 0.29) is 29.2 Å². The molecule has 1 saturated carbocycles. The lowest BCUT2D eigenvalue weighted by Crippen LogP contribution is -2.34. The summed E-state index contributed by atoms with van der Waals surface area (Å²) in [5, 5.41) is 6.40. The summed E-state index contributed by atoms with van der Waals surface area (Å²) in [6, 6.07) is 8.89. The van der Waals surface area contributed by atoms with Crippen molar-refractivity contribution >= 4 is 23.5 Å². The van der Waals surface area contributed by atoms with Crippen molar-refractivity contribution in [2.45, 2.75) is 31.7 Å². The van der Waals surface area contributed by atoms with Gasteiger partial charge in [0.05, 0.1) is 16.9 Å². The van der Waals surface area contributed by atoms with Gasteiger partial charge >= 0.3 is 0 Å². The Hall–Kier alpha value is -3.26. The zero-order valence-electron chi connectivity index (χ0n) is 17.5. The number of benzene rings is 1. The molecule has 4 rings (SSSR count). The molecule has 1 aliphatic rings. The van der Waals surface area contributed by atoms with Gasteiger partial charge in [0.2, 0.25) is 11.9 Å². The molecule has 0 bridgehead atoms. The van der Waals surface area contributed by atoms with E-state index in [9.17, 15) is 14.0 Å². The quantitative estimate of drug-likeness (QED) is 0.610. The first-order valence-electron chi connectivity index (χ1n) is 10.4. The fourth-order valence-corrected chi connectivity index (χ4v) is 4.16. The number of carbonyl (C=O) groups excluding carboxylic acids is 1. The first-order chi connectivity index (χ1) is 15.4. The molecule has 7 nitrogen and oxygen atoms in total. The second-order valence-electron chi connectivity index (χ2n) is 7.80. The maximum Gasteiger partial charge on any atom is 0.255 e. The molecule has 1 fully saturated rings. The molecule has 0 saturated heterocycles. The number of hydrogen-bond acceptors (Lipinski definition) is 5. The van der Waals surface area contributed by atoms with Crippen molar-refractivity contribution in [3.8, 4) is 16.9 Å². The van der Waals surface area contributed by atoms with Crippen LogP contribution in [-0.4, -0.2) is 33.5 Å². The maximum absolute atomic E-state index is 13.3. The first kappa shape index (κ1) is 22.0. The van der Waals surface area contributed by atoms with E-state index in [1.807, 2.05) is 0 Å². The summed E-state index contributed by atoms with van der Waals surface area (Å²) >= 11 is 6.37. The number of rotatable bonds is 5. The molecule has 2 heterocycles. The predicted molar refractivity (Wildman–Crippen MR) is 121 cm³/mol. The number of nitrogens with zero attached hydrogens (tertiary/aromatic N) is 3. The predicted octanol–water partition coefficient (Wildman–Crippen LogP) is 3.80. The summed E-state index contributed by atoms with van der Waals surface area (Å²) in [6.45, 7) is 0. The van der Waals surface area contributed by atoms with E-state index >= 15 is 0 Å². The minimum Gasteiger partial charge on any atom is -0.359 e. The number of halogens is 2. The summed E-state index contributed by atoms with van der Waals surface area (Å²) in [7, 11) is 1.66. The van der Waals surface area contributed by atoms with Gasteiger partial charge in [0.1, 0.15) is 5.82 Å². The molecule has 1 amide bonds.